The van der Waals surface area contributed by atoms with Gasteiger partial charge in [0.05, 0.1) is 12.3 Å². The van der Waals surface area contributed by atoms with E-state index in [1.807, 2.05) is 23.3 Å². The molecule has 1 aromatic rings. The summed E-state index contributed by atoms with van der Waals surface area (Å²) in [6.07, 6.45) is 2.53. The molecule has 0 aromatic carbocycles. The Bertz CT molecular complexity index is 514. The van der Waals surface area contributed by atoms with Crippen LogP contribution in [0.3, 0.4) is 0 Å². The molecule has 0 atom stereocenters. The molecule has 0 aliphatic rings. The Morgan fingerprint density at radius 3 is 2.50 bits per heavy atom. The summed E-state index contributed by atoms with van der Waals surface area (Å²) in [5.41, 5.74) is 1.06. The topological polar surface area (TPSA) is 85.9 Å². The van der Waals surface area contributed by atoms with Crippen LogP contribution in [0.1, 0.15) is 37.6 Å². The molecule has 0 saturated heterocycles. The molecule has 1 heterocycles. The van der Waals surface area contributed by atoms with Gasteiger partial charge in [-0.1, -0.05) is 6.92 Å². The molecular weight excluding hydrogens is 284 g/mol. The third-order valence-corrected chi connectivity index (χ3v) is 3.87. The lowest BCUT2D eigenvalue weighted by molar-refractivity contribution is 0.191. The number of aliphatic hydroxyl groups excluding tert-OH is 2. The van der Waals surface area contributed by atoms with Gasteiger partial charge >= 0.3 is 0 Å². The van der Waals surface area contributed by atoms with Gasteiger partial charge in [0.25, 0.3) is 0 Å². The summed E-state index contributed by atoms with van der Waals surface area (Å²) in [6, 6.07) is 1.45. The molecule has 126 valence electrons. The van der Waals surface area contributed by atoms with E-state index < -0.39 is 0 Å². The lowest BCUT2D eigenvalue weighted by Crippen LogP contribution is -2.29. The number of hydrogen-bond donors (Lipinski definition) is 3. The fourth-order valence-electron chi connectivity index (χ4n) is 2.55. The van der Waals surface area contributed by atoms with Crippen LogP contribution >= 0.6 is 0 Å². The Balaban J connectivity index is 3.02. The highest BCUT2D eigenvalue weighted by Gasteiger charge is 2.15. The standard InChI is InChI=1S/C16H28N2O4/c1-3-17(8-10-20)12-14-16(22)15(21)11-13(2)18(14)7-5-4-6-9-19/h11,19-20,22H,3-10,12H2,1-2H3. The number of hydrogen-bond acceptors (Lipinski definition) is 5. The minimum absolute atomic E-state index is 0.0428. The number of aromatic hydroxyl groups is 1. The maximum Gasteiger partial charge on any atom is 0.223 e. The zero-order valence-electron chi connectivity index (χ0n) is 13.6. The number of unbranched alkanes of at least 4 members (excludes halogenated alkanes) is 2. The van der Waals surface area contributed by atoms with Crippen LogP contribution in [0.2, 0.25) is 0 Å². The van der Waals surface area contributed by atoms with E-state index in [4.69, 9.17) is 10.2 Å². The van der Waals surface area contributed by atoms with E-state index >= 15 is 0 Å². The SMILES string of the molecule is CCN(CCO)Cc1c(O)c(=O)cc(C)n1CCCCCO. The van der Waals surface area contributed by atoms with Gasteiger partial charge in [-0.3, -0.25) is 9.69 Å². The predicted molar refractivity (Wildman–Crippen MR) is 86.1 cm³/mol. The van der Waals surface area contributed by atoms with Gasteiger partial charge in [-0.2, -0.15) is 0 Å². The molecule has 0 radical (unpaired) electrons. The number of pyridine rings is 1. The highest BCUT2D eigenvalue weighted by atomic mass is 16.3. The lowest BCUT2D eigenvalue weighted by Gasteiger charge is -2.24. The molecule has 22 heavy (non-hydrogen) atoms. The van der Waals surface area contributed by atoms with Crippen LogP contribution in [-0.4, -0.2) is 51.1 Å². The third kappa shape index (κ3) is 5.12. The Morgan fingerprint density at radius 1 is 1.18 bits per heavy atom. The van der Waals surface area contributed by atoms with Crippen molar-refractivity contribution in [3.05, 3.63) is 27.7 Å². The van der Waals surface area contributed by atoms with Crippen LogP contribution in [0, 0.1) is 6.92 Å². The fraction of sp³-hybridized carbons (Fsp3) is 0.688. The summed E-state index contributed by atoms with van der Waals surface area (Å²) in [5.74, 6) is -0.204. The number of aromatic nitrogens is 1. The van der Waals surface area contributed by atoms with Gasteiger partial charge < -0.3 is 19.9 Å². The first kappa shape index (κ1) is 18.7. The molecule has 0 bridgehead atoms. The van der Waals surface area contributed by atoms with Crippen molar-refractivity contribution in [2.24, 2.45) is 0 Å². The molecule has 0 aliphatic heterocycles. The number of aryl methyl sites for hydroxylation is 1. The van der Waals surface area contributed by atoms with Gasteiger partial charge in [-0.15, -0.1) is 0 Å². The molecule has 0 saturated carbocycles. The van der Waals surface area contributed by atoms with Crippen molar-refractivity contribution in [1.29, 1.82) is 0 Å². The summed E-state index contributed by atoms with van der Waals surface area (Å²) in [4.78, 5) is 13.8. The van der Waals surface area contributed by atoms with E-state index in [0.717, 1.165) is 31.5 Å². The molecule has 1 rings (SSSR count). The number of aliphatic hydroxyl groups is 2. The molecule has 0 unspecified atom stereocenters. The highest BCUT2D eigenvalue weighted by Crippen LogP contribution is 2.18. The maximum atomic E-state index is 11.9. The predicted octanol–water partition coefficient (Wildman–Crippen LogP) is 0.839. The van der Waals surface area contributed by atoms with Gasteiger partial charge in [0.1, 0.15) is 0 Å². The van der Waals surface area contributed by atoms with Crippen molar-refractivity contribution in [3.63, 3.8) is 0 Å². The first-order valence-electron chi connectivity index (χ1n) is 7.91. The second-order valence-corrected chi connectivity index (χ2v) is 5.47. The van der Waals surface area contributed by atoms with Crippen molar-refractivity contribution in [3.8, 4) is 5.75 Å². The van der Waals surface area contributed by atoms with E-state index in [1.165, 1.54) is 6.07 Å². The Hall–Kier alpha value is -1.37. The summed E-state index contributed by atoms with van der Waals surface area (Å²) in [5, 5.41) is 28.1. The van der Waals surface area contributed by atoms with Crippen molar-refractivity contribution in [2.45, 2.75) is 46.2 Å². The Labute approximate surface area is 131 Å². The molecule has 6 nitrogen and oxygen atoms in total. The summed E-state index contributed by atoms with van der Waals surface area (Å²) in [6.45, 7) is 6.42. The molecule has 0 aliphatic carbocycles. The normalized spacial score (nSPS) is 11.3. The quantitative estimate of drug-likeness (QED) is 0.557. The van der Waals surface area contributed by atoms with Gasteiger partial charge in [0.15, 0.2) is 5.75 Å². The van der Waals surface area contributed by atoms with Crippen LogP contribution in [0.15, 0.2) is 10.9 Å². The van der Waals surface area contributed by atoms with Crippen LogP contribution < -0.4 is 5.43 Å². The van der Waals surface area contributed by atoms with Crippen LogP contribution in [0.5, 0.6) is 5.75 Å². The molecule has 6 heteroatoms. The lowest BCUT2D eigenvalue weighted by atomic mass is 10.2. The average Bonchev–Trinajstić information content (AvgIpc) is 2.50. The van der Waals surface area contributed by atoms with E-state index in [1.54, 1.807) is 0 Å². The summed E-state index contributed by atoms with van der Waals surface area (Å²) in [7, 11) is 0. The molecule has 0 fully saturated rings. The molecular formula is C16H28N2O4. The van der Waals surface area contributed by atoms with Crippen molar-refractivity contribution < 1.29 is 15.3 Å². The van der Waals surface area contributed by atoms with Gasteiger partial charge in [0.2, 0.25) is 5.43 Å². The second kappa shape index (κ2) is 9.61. The summed E-state index contributed by atoms with van der Waals surface area (Å²) >= 11 is 0. The van der Waals surface area contributed by atoms with Crippen LogP contribution in [0.25, 0.3) is 0 Å². The van der Waals surface area contributed by atoms with Gasteiger partial charge in [0, 0.05) is 38.0 Å². The van der Waals surface area contributed by atoms with Crippen molar-refractivity contribution in [1.82, 2.24) is 9.47 Å². The Morgan fingerprint density at radius 2 is 1.91 bits per heavy atom. The number of rotatable bonds is 10. The Kier molecular flexibility index (Phi) is 8.16. The van der Waals surface area contributed by atoms with Crippen LogP contribution in [0.4, 0.5) is 0 Å². The maximum absolute atomic E-state index is 11.9. The van der Waals surface area contributed by atoms with Gasteiger partial charge in [-0.05, 0) is 32.7 Å². The van der Waals surface area contributed by atoms with Gasteiger partial charge in [-0.25, -0.2) is 0 Å². The largest absolute Gasteiger partial charge is 0.503 e. The smallest absolute Gasteiger partial charge is 0.223 e. The van der Waals surface area contributed by atoms with E-state index in [9.17, 15) is 9.90 Å². The van der Waals surface area contributed by atoms with E-state index in [2.05, 4.69) is 0 Å². The zero-order valence-corrected chi connectivity index (χ0v) is 13.6. The van der Waals surface area contributed by atoms with Crippen molar-refractivity contribution >= 4 is 0 Å². The second-order valence-electron chi connectivity index (χ2n) is 5.47. The molecule has 0 spiro atoms. The molecule has 1 aromatic heterocycles. The number of likely N-dealkylation sites (N-methyl/N-ethyl adjacent to an activating group) is 1. The van der Waals surface area contributed by atoms with Crippen LogP contribution in [-0.2, 0) is 13.1 Å². The third-order valence-electron chi connectivity index (χ3n) is 3.87. The van der Waals surface area contributed by atoms with Crippen molar-refractivity contribution in [2.75, 3.05) is 26.3 Å². The fourth-order valence-corrected chi connectivity index (χ4v) is 2.55. The number of nitrogens with zero attached hydrogens (tertiary/aromatic N) is 2. The van der Waals surface area contributed by atoms with E-state index in [0.29, 0.717) is 25.3 Å². The highest BCUT2D eigenvalue weighted by molar-refractivity contribution is 5.29. The molecule has 3 N–H and O–H groups in total. The molecule has 0 amide bonds. The monoisotopic (exact) mass is 312 g/mol. The zero-order chi connectivity index (χ0) is 16.5. The summed E-state index contributed by atoms with van der Waals surface area (Å²) < 4.78 is 1.97. The minimum atomic E-state index is -0.362. The first-order valence-corrected chi connectivity index (χ1v) is 7.91. The first-order chi connectivity index (χ1) is 10.5. The minimum Gasteiger partial charge on any atom is -0.503 e. The average molecular weight is 312 g/mol. The van der Waals surface area contributed by atoms with E-state index in [-0.39, 0.29) is 24.4 Å².